The van der Waals surface area contributed by atoms with Gasteiger partial charge in [0, 0.05) is 18.6 Å². The Morgan fingerprint density at radius 1 is 1.47 bits per heavy atom. The van der Waals surface area contributed by atoms with Crippen LogP contribution in [-0.4, -0.2) is 33.3 Å². The monoisotopic (exact) mass is 233 g/mol. The zero-order valence-electron chi connectivity index (χ0n) is 9.66. The average molecular weight is 233 g/mol. The van der Waals surface area contributed by atoms with Crippen molar-refractivity contribution < 1.29 is 8.42 Å². The number of nitriles is 1. The third-order valence-corrected chi connectivity index (χ3v) is 2.62. The molecule has 0 amide bonds. The number of hydrogen-bond donors (Lipinski definition) is 2. The molecule has 0 spiro atoms. The van der Waals surface area contributed by atoms with Gasteiger partial charge in [-0.3, -0.25) is 0 Å². The normalized spacial score (nSPS) is 14.6. The van der Waals surface area contributed by atoms with Crippen molar-refractivity contribution in [1.29, 1.82) is 5.26 Å². The third kappa shape index (κ3) is 8.36. The summed E-state index contributed by atoms with van der Waals surface area (Å²) in [6.45, 7) is 6.44. The number of nitrogens with zero attached hydrogens (tertiary/aromatic N) is 1. The van der Waals surface area contributed by atoms with Gasteiger partial charge < -0.3 is 5.32 Å². The standard InChI is InChI=1S/C9H19N3O2S/c1-8(5-10)6-11-7-9(2,3)12-15(4,13)14/h8,11-12H,6-7H2,1-4H3. The van der Waals surface area contributed by atoms with E-state index < -0.39 is 15.6 Å². The van der Waals surface area contributed by atoms with Gasteiger partial charge in [0.1, 0.15) is 0 Å². The Hall–Kier alpha value is -0.640. The Kier molecular flexibility index (Phi) is 5.21. The molecule has 0 aliphatic rings. The molecule has 0 aliphatic heterocycles. The van der Waals surface area contributed by atoms with Crippen LogP contribution >= 0.6 is 0 Å². The lowest BCUT2D eigenvalue weighted by Gasteiger charge is -2.25. The first-order valence-electron chi connectivity index (χ1n) is 4.75. The van der Waals surface area contributed by atoms with Crippen LogP contribution in [-0.2, 0) is 10.0 Å². The molecule has 0 aromatic heterocycles. The van der Waals surface area contributed by atoms with E-state index in [1.165, 1.54) is 0 Å². The molecule has 0 aromatic rings. The summed E-state index contributed by atoms with van der Waals surface area (Å²) in [5.74, 6) is -0.0703. The number of hydrogen-bond acceptors (Lipinski definition) is 4. The van der Waals surface area contributed by atoms with E-state index in [0.717, 1.165) is 6.26 Å². The first kappa shape index (κ1) is 14.4. The largest absolute Gasteiger partial charge is 0.314 e. The molecule has 0 saturated heterocycles. The summed E-state index contributed by atoms with van der Waals surface area (Å²) in [6.07, 6.45) is 1.13. The molecule has 6 heteroatoms. The van der Waals surface area contributed by atoms with E-state index in [1.54, 1.807) is 13.8 Å². The molecular formula is C9H19N3O2S. The second-order valence-corrected chi connectivity index (χ2v) is 6.17. The number of sulfonamides is 1. The van der Waals surface area contributed by atoms with E-state index in [0.29, 0.717) is 13.1 Å². The summed E-state index contributed by atoms with van der Waals surface area (Å²) in [6, 6.07) is 2.10. The lowest BCUT2D eigenvalue weighted by Crippen LogP contribution is -2.50. The minimum atomic E-state index is -3.19. The summed E-state index contributed by atoms with van der Waals surface area (Å²) < 4.78 is 24.5. The fourth-order valence-electron chi connectivity index (χ4n) is 1.18. The maximum atomic E-state index is 11.0. The van der Waals surface area contributed by atoms with Gasteiger partial charge in [-0.05, 0) is 20.8 Å². The minimum Gasteiger partial charge on any atom is -0.314 e. The lowest BCUT2D eigenvalue weighted by molar-refractivity contribution is 0.414. The fraction of sp³-hybridized carbons (Fsp3) is 0.889. The highest BCUT2D eigenvalue weighted by atomic mass is 32.2. The summed E-state index contributed by atoms with van der Waals surface area (Å²) >= 11 is 0. The molecular weight excluding hydrogens is 214 g/mol. The number of nitrogens with one attached hydrogen (secondary N) is 2. The Labute approximate surface area is 91.9 Å². The molecule has 1 atom stereocenters. The van der Waals surface area contributed by atoms with Gasteiger partial charge >= 0.3 is 0 Å². The van der Waals surface area contributed by atoms with E-state index >= 15 is 0 Å². The Bertz CT molecular complexity index is 330. The maximum Gasteiger partial charge on any atom is 0.209 e. The third-order valence-electron chi connectivity index (χ3n) is 1.70. The summed E-state index contributed by atoms with van der Waals surface area (Å²) in [5, 5.41) is 11.6. The molecule has 0 heterocycles. The second kappa shape index (κ2) is 5.45. The van der Waals surface area contributed by atoms with Gasteiger partial charge in [0.15, 0.2) is 0 Å². The fourth-order valence-corrected chi connectivity index (χ4v) is 2.26. The first-order valence-corrected chi connectivity index (χ1v) is 6.65. The highest BCUT2D eigenvalue weighted by Gasteiger charge is 2.21. The highest BCUT2D eigenvalue weighted by molar-refractivity contribution is 7.88. The van der Waals surface area contributed by atoms with Gasteiger partial charge in [0.05, 0.1) is 18.2 Å². The van der Waals surface area contributed by atoms with Crippen molar-refractivity contribution >= 4 is 10.0 Å². The molecule has 0 rings (SSSR count). The molecule has 0 radical (unpaired) electrons. The molecule has 0 aromatic carbocycles. The predicted molar refractivity (Wildman–Crippen MR) is 59.7 cm³/mol. The van der Waals surface area contributed by atoms with Crippen molar-refractivity contribution in [2.75, 3.05) is 19.3 Å². The van der Waals surface area contributed by atoms with E-state index in [2.05, 4.69) is 16.1 Å². The van der Waals surface area contributed by atoms with Crippen LogP contribution in [0.3, 0.4) is 0 Å². The van der Waals surface area contributed by atoms with Crippen molar-refractivity contribution in [2.45, 2.75) is 26.3 Å². The van der Waals surface area contributed by atoms with Crippen molar-refractivity contribution in [3.05, 3.63) is 0 Å². The van der Waals surface area contributed by atoms with Crippen molar-refractivity contribution in [3.8, 4) is 6.07 Å². The molecule has 0 fully saturated rings. The highest BCUT2D eigenvalue weighted by Crippen LogP contribution is 2.02. The van der Waals surface area contributed by atoms with Crippen molar-refractivity contribution in [1.82, 2.24) is 10.0 Å². The maximum absolute atomic E-state index is 11.0. The SMILES string of the molecule is CC(C#N)CNCC(C)(C)NS(C)(=O)=O. The molecule has 0 bridgehead atoms. The van der Waals surface area contributed by atoms with E-state index in [9.17, 15) is 8.42 Å². The Morgan fingerprint density at radius 2 is 2.00 bits per heavy atom. The van der Waals surface area contributed by atoms with Crippen LogP contribution in [0.2, 0.25) is 0 Å². The minimum absolute atomic E-state index is 0.0703. The average Bonchev–Trinajstić information content (AvgIpc) is 1.98. The molecule has 88 valence electrons. The quantitative estimate of drug-likeness (QED) is 0.680. The van der Waals surface area contributed by atoms with Gasteiger partial charge in [-0.1, -0.05) is 0 Å². The van der Waals surface area contributed by atoms with Crippen LogP contribution in [0.15, 0.2) is 0 Å². The van der Waals surface area contributed by atoms with E-state index in [-0.39, 0.29) is 5.92 Å². The van der Waals surface area contributed by atoms with Crippen molar-refractivity contribution in [2.24, 2.45) is 5.92 Å². The second-order valence-electron chi connectivity index (χ2n) is 4.42. The smallest absolute Gasteiger partial charge is 0.209 e. The van der Waals surface area contributed by atoms with Crippen LogP contribution in [0.4, 0.5) is 0 Å². The zero-order chi connectivity index (χ0) is 12.1. The molecule has 1 unspecified atom stereocenters. The molecule has 15 heavy (non-hydrogen) atoms. The van der Waals surface area contributed by atoms with Crippen LogP contribution in [0.1, 0.15) is 20.8 Å². The van der Waals surface area contributed by atoms with Gasteiger partial charge in [0.2, 0.25) is 10.0 Å². The predicted octanol–water partition coefficient (Wildman–Crippen LogP) is 0.0635. The van der Waals surface area contributed by atoms with Gasteiger partial charge in [-0.25, -0.2) is 13.1 Å². The van der Waals surface area contributed by atoms with Gasteiger partial charge in [0.25, 0.3) is 0 Å². The molecule has 5 nitrogen and oxygen atoms in total. The summed E-state index contributed by atoms with van der Waals surface area (Å²) in [4.78, 5) is 0. The van der Waals surface area contributed by atoms with Crippen LogP contribution in [0.5, 0.6) is 0 Å². The molecule has 2 N–H and O–H groups in total. The van der Waals surface area contributed by atoms with Crippen molar-refractivity contribution in [3.63, 3.8) is 0 Å². The Balaban J connectivity index is 4.01. The topological polar surface area (TPSA) is 82.0 Å². The molecule has 0 aliphatic carbocycles. The van der Waals surface area contributed by atoms with Crippen LogP contribution in [0, 0.1) is 17.2 Å². The molecule has 0 saturated carbocycles. The van der Waals surface area contributed by atoms with Gasteiger partial charge in [-0.2, -0.15) is 5.26 Å². The number of rotatable bonds is 6. The zero-order valence-corrected chi connectivity index (χ0v) is 10.5. The van der Waals surface area contributed by atoms with E-state index in [4.69, 9.17) is 5.26 Å². The van der Waals surface area contributed by atoms with E-state index in [1.807, 2.05) is 6.92 Å². The first-order chi connectivity index (χ1) is 6.66. The lowest BCUT2D eigenvalue weighted by atomic mass is 10.1. The van der Waals surface area contributed by atoms with Crippen LogP contribution in [0.25, 0.3) is 0 Å². The van der Waals surface area contributed by atoms with Gasteiger partial charge in [-0.15, -0.1) is 0 Å². The summed E-state index contributed by atoms with van der Waals surface area (Å²) in [7, 11) is -3.19. The Morgan fingerprint density at radius 3 is 2.40 bits per heavy atom. The summed E-state index contributed by atoms with van der Waals surface area (Å²) in [5.41, 5.74) is -0.539. The van der Waals surface area contributed by atoms with Crippen LogP contribution < -0.4 is 10.0 Å².